The zero-order valence-corrected chi connectivity index (χ0v) is 25.9. The van der Waals surface area contributed by atoms with Gasteiger partial charge in [0.2, 0.25) is 21.8 Å². The second-order valence-electron chi connectivity index (χ2n) is 8.74. The molecule has 3 aromatic rings. The van der Waals surface area contributed by atoms with Crippen LogP contribution in [0.4, 0.5) is 5.69 Å². The summed E-state index contributed by atoms with van der Waals surface area (Å²) in [6.45, 7) is 1.60. The van der Waals surface area contributed by atoms with Crippen molar-refractivity contribution in [2.45, 2.75) is 25.9 Å². The first kappa shape index (κ1) is 31.2. The predicted molar refractivity (Wildman–Crippen MR) is 161 cm³/mol. The van der Waals surface area contributed by atoms with Crippen LogP contribution in [0.5, 0.6) is 0 Å². The molecule has 1 N–H and O–H groups in total. The highest BCUT2D eigenvalue weighted by Gasteiger charge is 2.33. The van der Waals surface area contributed by atoms with E-state index in [9.17, 15) is 18.0 Å². The number of anilines is 1. The Kier molecular flexibility index (Phi) is 11.1. The molecule has 3 aromatic carbocycles. The van der Waals surface area contributed by atoms with Crippen LogP contribution in [-0.4, -0.2) is 50.5 Å². The number of sulfonamides is 1. The molecule has 0 heterocycles. The van der Waals surface area contributed by atoms with Crippen molar-refractivity contribution >= 4 is 78.3 Å². The van der Waals surface area contributed by atoms with Gasteiger partial charge in [0.1, 0.15) is 12.6 Å². The van der Waals surface area contributed by atoms with Gasteiger partial charge in [0.25, 0.3) is 0 Å². The molecule has 0 bridgehead atoms. The van der Waals surface area contributed by atoms with Crippen molar-refractivity contribution in [1.82, 2.24) is 10.2 Å². The average molecular weight is 676 g/mol. The standard InChI is InChI=1S/C27H27BrCl3N3O4S/c1-3-32-27(36)25(13-18-7-5-4-6-8-18)33(16-19-9-11-20(28)12-10-19)26(35)17-34(39(2,37)38)24-15-22(30)21(29)14-23(24)31/h4-12,14-15,25H,3,13,16-17H2,1-2H3,(H,32,36). The number of likely N-dealkylation sites (N-methyl/N-ethyl adjacent to an activating group) is 1. The van der Waals surface area contributed by atoms with Crippen molar-refractivity contribution in [3.05, 3.63) is 97.4 Å². The summed E-state index contributed by atoms with van der Waals surface area (Å²) < 4.78 is 27.5. The van der Waals surface area contributed by atoms with Crippen molar-refractivity contribution in [2.24, 2.45) is 0 Å². The maximum atomic E-state index is 14.0. The minimum atomic E-state index is -4.00. The second kappa shape index (κ2) is 13.9. The van der Waals surface area contributed by atoms with Gasteiger partial charge in [0, 0.05) is 24.0 Å². The summed E-state index contributed by atoms with van der Waals surface area (Å²) in [7, 11) is -4.00. The lowest BCUT2D eigenvalue weighted by atomic mass is 10.0. The molecule has 2 amide bonds. The summed E-state index contributed by atoms with van der Waals surface area (Å²) in [5.74, 6) is -0.956. The van der Waals surface area contributed by atoms with Gasteiger partial charge >= 0.3 is 0 Å². The number of hydrogen-bond donors (Lipinski definition) is 1. The zero-order chi connectivity index (χ0) is 28.7. The quantitative estimate of drug-likeness (QED) is 0.255. The molecule has 0 aliphatic carbocycles. The molecule has 1 unspecified atom stereocenters. The summed E-state index contributed by atoms with van der Waals surface area (Å²) in [4.78, 5) is 28.7. The molecule has 0 fully saturated rings. The third-order valence-corrected chi connectivity index (χ3v) is 8.51. The number of halogens is 4. The van der Waals surface area contributed by atoms with Crippen LogP contribution >= 0.6 is 50.7 Å². The van der Waals surface area contributed by atoms with Gasteiger partial charge in [-0.05, 0) is 42.3 Å². The van der Waals surface area contributed by atoms with Crippen LogP contribution in [0, 0.1) is 0 Å². The SMILES string of the molecule is CCNC(=O)C(Cc1ccccc1)N(Cc1ccc(Br)cc1)C(=O)CN(c1cc(Cl)c(Cl)cc1Cl)S(C)(=O)=O. The Bertz CT molecular complexity index is 1420. The Hall–Kier alpha value is -2.30. The minimum absolute atomic E-state index is 0.00290. The number of carbonyl (C=O) groups is 2. The maximum Gasteiger partial charge on any atom is 0.244 e. The van der Waals surface area contributed by atoms with E-state index in [1.165, 1.54) is 17.0 Å². The number of amides is 2. The average Bonchev–Trinajstić information content (AvgIpc) is 2.88. The lowest BCUT2D eigenvalue weighted by molar-refractivity contribution is -0.140. The van der Waals surface area contributed by atoms with Gasteiger partial charge in [-0.2, -0.15) is 0 Å². The van der Waals surface area contributed by atoms with Crippen LogP contribution in [0.15, 0.2) is 71.2 Å². The lowest BCUT2D eigenvalue weighted by Crippen LogP contribution is -2.53. The fourth-order valence-corrected chi connectivity index (χ4v) is 5.74. The van der Waals surface area contributed by atoms with E-state index in [1.54, 1.807) is 6.92 Å². The number of carbonyl (C=O) groups excluding carboxylic acids is 2. The maximum absolute atomic E-state index is 14.0. The number of benzene rings is 3. The van der Waals surface area contributed by atoms with Crippen LogP contribution in [0.25, 0.3) is 0 Å². The minimum Gasteiger partial charge on any atom is -0.355 e. The number of nitrogens with one attached hydrogen (secondary N) is 1. The van der Waals surface area contributed by atoms with Gasteiger partial charge in [0.15, 0.2) is 0 Å². The molecule has 1 atom stereocenters. The smallest absolute Gasteiger partial charge is 0.244 e. The van der Waals surface area contributed by atoms with E-state index in [0.29, 0.717) is 6.54 Å². The summed E-state index contributed by atoms with van der Waals surface area (Å²) in [5.41, 5.74) is 1.60. The third-order valence-electron chi connectivity index (χ3n) is 5.83. The van der Waals surface area contributed by atoms with Crippen molar-refractivity contribution < 1.29 is 18.0 Å². The normalized spacial score (nSPS) is 12.1. The molecule has 0 radical (unpaired) electrons. The fourth-order valence-electron chi connectivity index (χ4n) is 3.93. The molecule has 12 heteroatoms. The summed E-state index contributed by atoms with van der Waals surface area (Å²) in [6, 6.07) is 18.3. The Labute approximate surface area is 252 Å². The second-order valence-corrected chi connectivity index (χ2v) is 12.8. The number of hydrogen-bond acceptors (Lipinski definition) is 4. The monoisotopic (exact) mass is 673 g/mol. The fraction of sp³-hybridized carbons (Fsp3) is 0.259. The number of nitrogens with zero attached hydrogens (tertiary/aromatic N) is 2. The highest BCUT2D eigenvalue weighted by Crippen LogP contribution is 2.35. The van der Waals surface area contributed by atoms with Crippen LogP contribution in [-0.2, 0) is 32.6 Å². The molecule has 0 aliphatic rings. The summed E-state index contributed by atoms with van der Waals surface area (Å²) >= 11 is 21.9. The molecule has 3 rings (SSSR count). The molecule has 0 aromatic heterocycles. The van der Waals surface area contributed by atoms with E-state index in [2.05, 4.69) is 21.2 Å². The van der Waals surface area contributed by atoms with E-state index in [4.69, 9.17) is 34.8 Å². The van der Waals surface area contributed by atoms with Crippen LogP contribution < -0.4 is 9.62 Å². The van der Waals surface area contributed by atoms with Gasteiger partial charge in [-0.25, -0.2) is 8.42 Å². The van der Waals surface area contributed by atoms with Crippen molar-refractivity contribution in [3.63, 3.8) is 0 Å². The topological polar surface area (TPSA) is 86.8 Å². The van der Waals surface area contributed by atoms with Gasteiger partial charge < -0.3 is 10.2 Å². The highest BCUT2D eigenvalue weighted by atomic mass is 79.9. The van der Waals surface area contributed by atoms with E-state index in [0.717, 1.165) is 26.2 Å². The molecule has 39 heavy (non-hydrogen) atoms. The zero-order valence-electron chi connectivity index (χ0n) is 21.2. The van der Waals surface area contributed by atoms with Crippen molar-refractivity contribution in [2.75, 3.05) is 23.7 Å². The molecule has 0 saturated carbocycles. The van der Waals surface area contributed by atoms with Crippen molar-refractivity contribution in [3.8, 4) is 0 Å². The van der Waals surface area contributed by atoms with E-state index in [1.807, 2.05) is 54.6 Å². The van der Waals surface area contributed by atoms with Gasteiger partial charge in [0.05, 0.1) is 27.0 Å². The van der Waals surface area contributed by atoms with Gasteiger partial charge in [-0.15, -0.1) is 0 Å². The van der Waals surface area contributed by atoms with Gasteiger partial charge in [-0.1, -0.05) is 93.2 Å². The third kappa shape index (κ3) is 8.59. The molecule has 7 nitrogen and oxygen atoms in total. The molecular formula is C27H27BrCl3N3O4S. The highest BCUT2D eigenvalue weighted by molar-refractivity contribution is 9.10. The Morgan fingerprint density at radius 2 is 1.54 bits per heavy atom. The Morgan fingerprint density at radius 3 is 2.13 bits per heavy atom. The van der Waals surface area contributed by atoms with Crippen LogP contribution in [0.2, 0.25) is 15.1 Å². The van der Waals surface area contributed by atoms with Crippen LogP contribution in [0.1, 0.15) is 18.1 Å². The first-order valence-corrected chi connectivity index (χ1v) is 15.7. The largest absolute Gasteiger partial charge is 0.355 e. The molecule has 0 spiro atoms. The predicted octanol–water partition coefficient (Wildman–Crippen LogP) is 5.95. The first-order chi connectivity index (χ1) is 18.4. The van der Waals surface area contributed by atoms with E-state index in [-0.39, 0.29) is 39.6 Å². The number of rotatable bonds is 11. The molecule has 208 valence electrons. The van der Waals surface area contributed by atoms with Gasteiger partial charge in [-0.3, -0.25) is 13.9 Å². The summed E-state index contributed by atoms with van der Waals surface area (Å²) in [5, 5.41) is 3.03. The van der Waals surface area contributed by atoms with E-state index < -0.39 is 28.5 Å². The molecule has 0 saturated heterocycles. The summed E-state index contributed by atoms with van der Waals surface area (Å²) in [6.07, 6.45) is 1.19. The van der Waals surface area contributed by atoms with E-state index >= 15 is 0 Å². The van der Waals surface area contributed by atoms with Crippen molar-refractivity contribution in [1.29, 1.82) is 0 Å². The Morgan fingerprint density at radius 1 is 0.923 bits per heavy atom. The first-order valence-electron chi connectivity index (χ1n) is 11.9. The lowest BCUT2D eigenvalue weighted by Gasteiger charge is -2.33. The van der Waals surface area contributed by atoms with Crippen LogP contribution in [0.3, 0.4) is 0 Å². The molecular weight excluding hydrogens is 649 g/mol. The molecule has 0 aliphatic heterocycles. The Balaban J connectivity index is 2.07.